The number of carbonyl (C=O) groups excluding carboxylic acids is 1. The predicted molar refractivity (Wildman–Crippen MR) is 259 cm³/mol. The molecule has 0 bridgehead atoms. The summed E-state index contributed by atoms with van der Waals surface area (Å²) in [5.74, 6) is -0.237. The highest BCUT2D eigenvalue weighted by atomic mass is 16.7. The molecule has 1 amide bonds. The van der Waals surface area contributed by atoms with Gasteiger partial charge in [-0.2, -0.15) is 0 Å². The van der Waals surface area contributed by atoms with Crippen LogP contribution in [0.3, 0.4) is 0 Å². The highest BCUT2D eigenvalue weighted by Gasteiger charge is 2.51. The zero-order chi connectivity index (χ0) is 48.2. The van der Waals surface area contributed by atoms with Gasteiger partial charge in [-0.15, -0.1) is 0 Å². The fourth-order valence-corrected chi connectivity index (χ4v) is 9.06. The minimum absolute atomic E-state index is 0.237. The van der Waals surface area contributed by atoms with Gasteiger partial charge in [-0.1, -0.05) is 206 Å². The molecular formula is C52H99NO13. The second kappa shape index (κ2) is 39.5. The maximum absolute atomic E-state index is 13.2. The molecule has 0 spiro atoms. The summed E-state index contributed by atoms with van der Waals surface area (Å²) in [5, 5.41) is 86.8. The summed E-state index contributed by atoms with van der Waals surface area (Å²) >= 11 is 0. The van der Waals surface area contributed by atoms with Crippen LogP contribution < -0.4 is 5.32 Å². The number of allylic oxidation sites excluding steroid dienone is 1. The van der Waals surface area contributed by atoms with Crippen molar-refractivity contribution < 1.29 is 64.6 Å². The van der Waals surface area contributed by atoms with Gasteiger partial charge in [0, 0.05) is 6.42 Å². The molecule has 0 aliphatic carbocycles. The summed E-state index contributed by atoms with van der Waals surface area (Å²) < 4.78 is 22.7. The van der Waals surface area contributed by atoms with E-state index in [0.29, 0.717) is 6.42 Å². The molecule has 66 heavy (non-hydrogen) atoms. The summed E-state index contributed by atoms with van der Waals surface area (Å²) in [5.41, 5.74) is 0. The van der Waals surface area contributed by atoms with Gasteiger partial charge < -0.3 is 65.1 Å². The molecule has 0 saturated carbocycles. The van der Waals surface area contributed by atoms with Crippen LogP contribution in [-0.4, -0.2) is 140 Å². The minimum atomic E-state index is -1.78. The third-order valence-corrected chi connectivity index (χ3v) is 13.5. The van der Waals surface area contributed by atoms with Crippen molar-refractivity contribution in [1.82, 2.24) is 5.32 Å². The Bertz CT molecular complexity index is 1160. The lowest BCUT2D eigenvalue weighted by molar-refractivity contribution is -0.359. The lowest BCUT2D eigenvalue weighted by atomic mass is 9.97. The van der Waals surface area contributed by atoms with E-state index in [1.807, 2.05) is 6.08 Å². The molecule has 14 nitrogen and oxygen atoms in total. The number of nitrogens with one attached hydrogen (secondary N) is 1. The van der Waals surface area contributed by atoms with Gasteiger partial charge in [-0.25, -0.2) is 0 Å². The Morgan fingerprint density at radius 2 is 0.939 bits per heavy atom. The number of aliphatic hydroxyl groups is 8. The Balaban J connectivity index is 1.82. The first-order valence-corrected chi connectivity index (χ1v) is 26.9. The molecule has 14 heteroatoms. The first-order valence-electron chi connectivity index (χ1n) is 26.9. The van der Waals surface area contributed by atoms with Crippen molar-refractivity contribution in [3.63, 3.8) is 0 Å². The Labute approximate surface area is 399 Å². The quantitative estimate of drug-likeness (QED) is 0.0213. The van der Waals surface area contributed by atoms with Gasteiger partial charge in [-0.3, -0.25) is 4.79 Å². The Morgan fingerprint density at radius 3 is 1.39 bits per heavy atom. The predicted octanol–water partition coefficient (Wildman–Crippen LogP) is 7.55. The number of hydrogen-bond acceptors (Lipinski definition) is 13. The van der Waals surface area contributed by atoms with Gasteiger partial charge in [0.05, 0.1) is 32.0 Å². The second-order valence-corrected chi connectivity index (χ2v) is 19.4. The standard InChI is InChI=1S/C52H99NO13/c1-3-5-7-9-11-13-15-17-18-19-20-21-22-24-25-27-29-31-33-35-41(56)40(53-44(57)36-34-32-30-28-26-23-16-14-12-10-8-6-4-2)39-63-51-49(62)47(60)50(43(38-55)65-51)66-52-48(61)46(59)45(58)42(37-54)64-52/h33,35,40-43,45-52,54-56,58-62H,3-32,34,36-39H2,1-2H3,(H,53,57)/b35-33+. The van der Waals surface area contributed by atoms with E-state index in [4.69, 9.17) is 18.9 Å². The molecule has 12 atom stereocenters. The molecule has 2 fully saturated rings. The van der Waals surface area contributed by atoms with E-state index >= 15 is 0 Å². The van der Waals surface area contributed by atoms with Crippen LogP contribution in [0.5, 0.6) is 0 Å². The summed E-state index contributed by atoms with van der Waals surface area (Å²) in [6.07, 6.45) is 25.3. The normalized spacial score (nSPS) is 26.8. The summed E-state index contributed by atoms with van der Waals surface area (Å²) in [7, 11) is 0. The fourth-order valence-electron chi connectivity index (χ4n) is 9.06. The van der Waals surface area contributed by atoms with Crippen LogP contribution in [0.1, 0.15) is 219 Å². The smallest absolute Gasteiger partial charge is 0.220 e. The van der Waals surface area contributed by atoms with Crippen LogP contribution in [0, 0.1) is 0 Å². The molecule has 2 saturated heterocycles. The number of ether oxygens (including phenoxy) is 4. The number of rotatable bonds is 42. The maximum Gasteiger partial charge on any atom is 0.220 e. The molecule has 2 aliphatic heterocycles. The van der Waals surface area contributed by atoms with Crippen molar-refractivity contribution in [2.24, 2.45) is 0 Å². The van der Waals surface area contributed by atoms with Crippen molar-refractivity contribution in [3.8, 4) is 0 Å². The van der Waals surface area contributed by atoms with Crippen LogP contribution >= 0.6 is 0 Å². The van der Waals surface area contributed by atoms with Crippen LogP contribution in [0.25, 0.3) is 0 Å². The van der Waals surface area contributed by atoms with Crippen LogP contribution in [-0.2, 0) is 23.7 Å². The first-order chi connectivity index (χ1) is 32.1. The number of unbranched alkanes of at least 4 members (excludes halogenated alkanes) is 29. The average Bonchev–Trinajstić information content (AvgIpc) is 3.31. The molecule has 0 aromatic heterocycles. The monoisotopic (exact) mass is 946 g/mol. The van der Waals surface area contributed by atoms with Gasteiger partial charge in [0.15, 0.2) is 12.6 Å². The zero-order valence-electron chi connectivity index (χ0n) is 41.5. The summed E-state index contributed by atoms with van der Waals surface area (Å²) in [4.78, 5) is 13.2. The summed E-state index contributed by atoms with van der Waals surface area (Å²) in [6, 6.07) is -0.908. The fraction of sp³-hybridized carbons (Fsp3) is 0.942. The van der Waals surface area contributed by atoms with Gasteiger partial charge in [0.2, 0.25) is 5.91 Å². The van der Waals surface area contributed by atoms with E-state index in [2.05, 4.69) is 19.2 Å². The molecule has 2 heterocycles. The average molecular weight is 946 g/mol. The molecule has 2 aliphatic rings. The largest absolute Gasteiger partial charge is 0.394 e. The molecule has 12 unspecified atom stereocenters. The molecule has 9 N–H and O–H groups in total. The van der Waals surface area contributed by atoms with Crippen LogP contribution in [0.2, 0.25) is 0 Å². The van der Waals surface area contributed by atoms with Crippen molar-refractivity contribution in [3.05, 3.63) is 12.2 Å². The van der Waals surface area contributed by atoms with Crippen LogP contribution in [0.15, 0.2) is 12.2 Å². The molecular weight excluding hydrogens is 847 g/mol. The lowest BCUT2D eigenvalue weighted by Gasteiger charge is -2.46. The van der Waals surface area contributed by atoms with Crippen molar-refractivity contribution in [2.75, 3.05) is 19.8 Å². The van der Waals surface area contributed by atoms with E-state index in [1.54, 1.807) is 6.08 Å². The highest BCUT2D eigenvalue weighted by Crippen LogP contribution is 2.30. The third-order valence-electron chi connectivity index (χ3n) is 13.5. The third kappa shape index (κ3) is 26.1. The van der Waals surface area contributed by atoms with E-state index in [9.17, 15) is 45.6 Å². The van der Waals surface area contributed by atoms with Crippen molar-refractivity contribution in [2.45, 2.75) is 293 Å². The first kappa shape index (κ1) is 60.9. The highest BCUT2D eigenvalue weighted by molar-refractivity contribution is 5.76. The van der Waals surface area contributed by atoms with E-state index < -0.39 is 86.8 Å². The number of carbonyl (C=O) groups is 1. The Hall–Kier alpha value is -1.27. The van der Waals surface area contributed by atoms with E-state index in [1.165, 1.54) is 154 Å². The molecule has 0 aromatic carbocycles. The molecule has 0 radical (unpaired) electrons. The van der Waals surface area contributed by atoms with Gasteiger partial charge in [-0.05, 0) is 19.3 Å². The minimum Gasteiger partial charge on any atom is -0.394 e. The molecule has 2 rings (SSSR count). The second-order valence-electron chi connectivity index (χ2n) is 19.4. The topological polar surface area (TPSA) is 228 Å². The van der Waals surface area contributed by atoms with Crippen molar-refractivity contribution in [1.29, 1.82) is 0 Å². The Morgan fingerprint density at radius 1 is 0.530 bits per heavy atom. The van der Waals surface area contributed by atoms with E-state index in [0.717, 1.165) is 38.5 Å². The summed E-state index contributed by atoms with van der Waals surface area (Å²) in [6.45, 7) is 2.80. The Kier molecular flexibility index (Phi) is 36.4. The maximum atomic E-state index is 13.2. The SMILES string of the molecule is CCCCCCCCCCCCCCCCCCC/C=C/C(O)C(COC1OC(CO)C(OC2OC(CO)C(O)C(O)C2O)C(O)C1O)NC(=O)CCCCCCCCCCCCCCC. The van der Waals surface area contributed by atoms with Crippen LogP contribution in [0.4, 0.5) is 0 Å². The molecule has 390 valence electrons. The number of amides is 1. The van der Waals surface area contributed by atoms with Gasteiger partial charge in [0.1, 0.15) is 48.8 Å². The zero-order valence-corrected chi connectivity index (χ0v) is 41.5. The van der Waals surface area contributed by atoms with E-state index in [-0.39, 0.29) is 18.9 Å². The van der Waals surface area contributed by atoms with Gasteiger partial charge >= 0.3 is 0 Å². The number of hydrogen-bond donors (Lipinski definition) is 9. The van der Waals surface area contributed by atoms with Gasteiger partial charge in [0.25, 0.3) is 0 Å². The molecule has 0 aromatic rings. The number of aliphatic hydroxyl groups excluding tert-OH is 8. The lowest BCUT2D eigenvalue weighted by Crippen LogP contribution is -2.65. The van der Waals surface area contributed by atoms with Crippen molar-refractivity contribution >= 4 is 5.91 Å².